The molecule has 0 unspecified atom stereocenters. The van der Waals surface area contributed by atoms with Crippen molar-refractivity contribution in [3.8, 4) is 0 Å². The molecule has 1 aromatic heterocycles. The summed E-state index contributed by atoms with van der Waals surface area (Å²) in [6.45, 7) is 1.90. The minimum atomic E-state index is -0.355. The SMILES string of the molecule is Cc1nc(N)sc1Cc1c(Cl)cc(F)cc1Br. The first-order valence-corrected chi connectivity index (χ1v) is 6.81. The van der Waals surface area contributed by atoms with Crippen molar-refractivity contribution < 1.29 is 4.39 Å². The first-order chi connectivity index (χ1) is 7.97. The average molecular weight is 336 g/mol. The summed E-state index contributed by atoms with van der Waals surface area (Å²) in [6.07, 6.45) is 0.598. The Bertz CT molecular complexity index is 548. The van der Waals surface area contributed by atoms with Gasteiger partial charge in [-0.2, -0.15) is 0 Å². The lowest BCUT2D eigenvalue weighted by molar-refractivity contribution is 0.626. The Kier molecular flexibility index (Phi) is 3.70. The molecule has 0 bridgehead atoms. The van der Waals surface area contributed by atoms with Crippen LogP contribution in [0.3, 0.4) is 0 Å². The van der Waals surface area contributed by atoms with Crippen LogP contribution in [-0.4, -0.2) is 4.98 Å². The van der Waals surface area contributed by atoms with Crippen molar-refractivity contribution in [1.29, 1.82) is 0 Å². The van der Waals surface area contributed by atoms with Crippen LogP contribution in [0, 0.1) is 12.7 Å². The van der Waals surface area contributed by atoms with Crippen molar-refractivity contribution in [2.75, 3.05) is 5.73 Å². The average Bonchev–Trinajstić information content (AvgIpc) is 2.51. The van der Waals surface area contributed by atoms with E-state index >= 15 is 0 Å². The molecule has 0 saturated heterocycles. The second kappa shape index (κ2) is 4.92. The van der Waals surface area contributed by atoms with E-state index in [1.54, 1.807) is 0 Å². The van der Waals surface area contributed by atoms with Crippen molar-refractivity contribution in [2.24, 2.45) is 0 Å². The monoisotopic (exact) mass is 334 g/mol. The van der Waals surface area contributed by atoms with Crippen molar-refractivity contribution in [3.63, 3.8) is 0 Å². The van der Waals surface area contributed by atoms with Gasteiger partial charge in [-0.1, -0.05) is 27.5 Å². The van der Waals surface area contributed by atoms with Gasteiger partial charge in [-0.25, -0.2) is 9.37 Å². The number of hydrogen-bond acceptors (Lipinski definition) is 3. The van der Waals surface area contributed by atoms with Crippen molar-refractivity contribution in [1.82, 2.24) is 4.98 Å². The zero-order valence-electron chi connectivity index (χ0n) is 8.93. The van der Waals surface area contributed by atoms with Crippen LogP contribution >= 0.6 is 38.9 Å². The van der Waals surface area contributed by atoms with Gasteiger partial charge in [-0.3, -0.25) is 0 Å². The Hall–Kier alpha value is -0.650. The number of nitrogen functional groups attached to an aromatic ring is 1. The van der Waals surface area contributed by atoms with Crippen LogP contribution in [0.5, 0.6) is 0 Å². The number of nitrogens with two attached hydrogens (primary N) is 1. The normalized spacial score (nSPS) is 10.8. The van der Waals surface area contributed by atoms with Crippen LogP contribution in [0.2, 0.25) is 5.02 Å². The van der Waals surface area contributed by atoms with E-state index in [0.29, 0.717) is 21.0 Å². The number of hydrogen-bond donors (Lipinski definition) is 1. The summed E-state index contributed by atoms with van der Waals surface area (Å²) in [5.74, 6) is -0.355. The molecule has 0 radical (unpaired) electrons. The molecular weight excluding hydrogens is 327 g/mol. The van der Waals surface area contributed by atoms with Gasteiger partial charge in [0, 0.05) is 20.8 Å². The number of nitrogens with zero attached hydrogens (tertiary/aromatic N) is 1. The quantitative estimate of drug-likeness (QED) is 0.894. The number of aromatic nitrogens is 1. The minimum absolute atomic E-state index is 0.355. The number of aryl methyl sites for hydroxylation is 1. The van der Waals surface area contributed by atoms with E-state index < -0.39 is 0 Å². The van der Waals surface area contributed by atoms with Crippen LogP contribution in [0.1, 0.15) is 16.1 Å². The molecule has 0 atom stereocenters. The van der Waals surface area contributed by atoms with E-state index in [0.717, 1.165) is 16.1 Å². The molecular formula is C11H9BrClFN2S. The number of benzene rings is 1. The van der Waals surface area contributed by atoms with Crippen molar-refractivity contribution >= 4 is 44.0 Å². The topological polar surface area (TPSA) is 38.9 Å². The molecule has 0 saturated carbocycles. The summed E-state index contributed by atoms with van der Waals surface area (Å²) in [6, 6.07) is 2.71. The maximum absolute atomic E-state index is 13.1. The second-order valence-corrected chi connectivity index (χ2v) is 5.96. The lowest BCUT2D eigenvalue weighted by Crippen LogP contribution is -1.92. The molecule has 0 aliphatic heterocycles. The number of anilines is 1. The zero-order chi connectivity index (χ0) is 12.6. The standard InChI is InChI=1S/C11H9BrClFN2S/c1-5-10(17-11(15)16-5)4-7-8(12)2-6(14)3-9(7)13/h2-3H,4H2,1H3,(H2,15,16). The Morgan fingerprint density at radius 1 is 1.53 bits per heavy atom. The van der Waals surface area contributed by atoms with Crippen LogP contribution in [0.25, 0.3) is 0 Å². The van der Waals surface area contributed by atoms with Gasteiger partial charge in [0.1, 0.15) is 5.82 Å². The van der Waals surface area contributed by atoms with Crippen molar-refractivity contribution in [2.45, 2.75) is 13.3 Å². The summed E-state index contributed by atoms with van der Waals surface area (Å²) in [5.41, 5.74) is 7.37. The number of rotatable bonds is 2. The van der Waals surface area contributed by atoms with E-state index in [9.17, 15) is 4.39 Å². The van der Waals surface area contributed by atoms with Gasteiger partial charge in [-0.05, 0) is 24.6 Å². The lowest BCUT2D eigenvalue weighted by Gasteiger charge is -2.06. The predicted molar refractivity (Wildman–Crippen MR) is 73.2 cm³/mol. The molecule has 1 heterocycles. The molecule has 2 nitrogen and oxygen atoms in total. The highest BCUT2D eigenvalue weighted by molar-refractivity contribution is 9.10. The van der Waals surface area contributed by atoms with Gasteiger partial charge >= 0.3 is 0 Å². The smallest absolute Gasteiger partial charge is 0.180 e. The molecule has 0 amide bonds. The highest BCUT2D eigenvalue weighted by Crippen LogP contribution is 2.31. The maximum atomic E-state index is 13.1. The largest absolute Gasteiger partial charge is 0.375 e. The third-order valence-electron chi connectivity index (χ3n) is 2.35. The molecule has 0 fully saturated rings. The van der Waals surface area contributed by atoms with Gasteiger partial charge in [-0.15, -0.1) is 11.3 Å². The Balaban J connectivity index is 2.39. The first kappa shape index (κ1) is 12.8. The van der Waals surface area contributed by atoms with Crippen molar-refractivity contribution in [3.05, 3.63) is 43.6 Å². The van der Waals surface area contributed by atoms with E-state index in [1.165, 1.54) is 23.5 Å². The van der Waals surface area contributed by atoms with E-state index in [-0.39, 0.29) is 5.82 Å². The third-order valence-corrected chi connectivity index (χ3v) is 4.38. The van der Waals surface area contributed by atoms with Gasteiger partial charge in [0.25, 0.3) is 0 Å². The lowest BCUT2D eigenvalue weighted by atomic mass is 10.1. The Morgan fingerprint density at radius 2 is 2.24 bits per heavy atom. The third kappa shape index (κ3) is 2.78. The van der Waals surface area contributed by atoms with Crippen LogP contribution in [0.15, 0.2) is 16.6 Å². The summed E-state index contributed by atoms with van der Waals surface area (Å²) < 4.78 is 13.7. The van der Waals surface area contributed by atoms with E-state index in [1.807, 2.05) is 6.92 Å². The Morgan fingerprint density at radius 3 is 2.76 bits per heavy atom. The zero-order valence-corrected chi connectivity index (χ0v) is 12.1. The number of thiazole rings is 1. The molecule has 2 N–H and O–H groups in total. The molecule has 2 rings (SSSR count). The molecule has 6 heteroatoms. The van der Waals surface area contributed by atoms with Crippen LogP contribution < -0.4 is 5.73 Å². The highest BCUT2D eigenvalue weighted by Gasteiger charge is 2.12. The summed E-state index contributed by atoms with van der Waals surface area (Å²) in [5, 5.41) is 0.940. The summed E-state index contributed by atoms with van der Waals surface area (Å²) >= 11 is 10.8. The summed E-state index contributed by atoms with van der Waals surface area (Å²) in [4.78, 5) is 5.19. The van der Waals surface area contributed by atoms with E-state index in [2.05, 4.69) is 20.9 Å². The minimum Gasteiger partial charge on any atom is -0.375 e. The molecule has 0 aliphatic carbocycles. The fourth-order valence-electron chi connectivity index (χ4n) is 1.52. The fourth-order valence-corrected chi connectivity index (χ4v) is 3.32. The predicted octanol–water partition coefficient (Wildman–Crippen LogP) is 4.18. The molecule has 1 aromatic carbocycles. The highest BCUT2D eigenvalue weighted by atomic mass is 79.9. The maximum Gasteiger partial charge on any atom is 0.180 e. The molecule has 17 heavy (non-hydrogen) atoms. The van der Waals surface area contributed by atoms with E-state index in [4.69, 9.17) is 17.3 Å². The summed E-state index contributed by atoms with van der Waals surface area (Å²) in [7, 11) is 0. The Labute approximate surface area is 116 Å². The number of halogens is 3. The van der Waals surface area contributed by atoms with Gasteiger partial charge < -0.3 is 5.73 Å². The van der Waals surface area contributed by atoms with Crippen LogP contribution in [0.4, 0.5) is 9.52 Å². The van der Waals surface area contributed by atoms with Gasteiger partial charge in [0.05, 0.1) is 5.69 Å². The fraction of sp³-hybridized carbons (Fsp3) is 0.182. The second-order valence-electron chi connectivity index (χ2n) is 3.59. The molecule has 0 aliphatic rings. The van der Waals surface area contributed by atoms with Gasteiger partial charge in [0.2, 0.25) is 0 Å². The first-order valence-electron chi connectivity index (χ1n) is 4.82. The molecule has 0 spiro atoms. The van der Waals surface area contributed by atoms with Gasteiger partial charge in [0.15, 0.2) is 5.13 Å². The molecule has 2 aromatic rings. The molecule has 90 valence electrons. The van der Waals surface area contributed by atoms with Crippen LogP contribution in [-0.2, 0) is 6.42 Å².